The zero-order valence-electron chi connectivity index (χ0n) is 10.9. The zero-order chi connectivity index (χ0) is 16.9. The lowest BCUT2D eigenvalue weighted by atomic mass is 10.2. The molecule has 120 valence electrons. The number of hydrogen-bond donors (Lipinski definition) is 4. The highest BCUT2D eigenvalue weighted by Gasteiger charge is 2.27. The lowest BCUT2D eigenvalue weighted by molar-refractivity contribution is -0.384. The molecule has 0 radical (unpaired) electrons. The van der Waals surface area contributed by atoms with Gasteiger partial charge < -0.3 is 5.11 Å². The van der Waals surface area contributed by atoms with E-state index < -0.39 is 39.3 Å². The number of hydrazine groups is 1. The van der Waals surface area contributed by atoms with Crippen LogP contribution in [0, 0.1) is 10.1 Å². The number of nitrogens with zero attached hydrogens (tertiary/aromatic N) is 1. The molecule has 5 N–H and O–H groups in total. The van der Waals surface area contributed by atoms with E-state index in [4.69, 9.17) is 10.9 Å². The number of carboxylic acid groups (broad SMARTS) is 1. The summed E-state index contributed by atoms with van der Waals surface area (Å²) in [6.07, 6.45) is -0.824. The number of nitro groups is 1. The maximum Gasteiger partial charge on any atom is 0.305 e. The van der Waals surface area contributed by atoms with Crippen LogP contribution in [0.2, 0.25) is 0 Å². The molecule has 0 spiro atoms. The highest BCUT2D eigenvalue weighted by atomic mass is 32.2. The van der Waals surface area contributed by atoms with Gasteiger partial charge in [0.15, 0.2) is 0 Å². The molecule has 1 aromatic carbocycles. The average Bonchev–Trinajstić information content (AvgIpc) is 2.45. The van der Waals surface area contributed by atoms with Gasteiger partial charge in [0.25, 0.3) is 11.6 Å². The van der Waals surface area contributed by atoms with E-state index >= 15 is 0 Å². The van der Waals surface area contributed by atoms with Crippen LogP contribution in [-0.4, -0.2) is 36.4 Å². The molecule has 1 atom stereocenters. The van der Waals surface area contributed by atoms with Crippen LogP contribution in [0.4, 0.5) is 5.69 Å². The molecule has 1 rings (SSSR count). The second-order valence-electron chi connectivity index (χ2n) is 4.03. The minimum absolute atomic E-state index is 0.319. The second kappa shape index (κ2) is 6.93. The summed E-state index contributed by atoms with van der Waals surface area (Å²) >= 11 is 0. The second-order valence-corrected chi connectivity index (χ2v) is 5.75. The van der Waals surface area contributed by atoms with Gasteiger partial charge >= 0.3 is 5.97 Å². The first-order valence-electron chi connectivity index (χ1n) is 5.66. The summed E-state index contributed by atoms with van der Waals surface area (Å²) in [5, 5.41) is 19.2. The lowest BCUT2D eigenvalue weighted by Gasteiger charge is -2.15. The molecule has 1 aromatic rings. The van der Waals surface area contributed by atoms with Crippen LogP contribution < -0.4 is 16.0 Å². The van der Waals surface area contributed by atoms with Crippen LogP contribution in [0.25, 0.3) is 0 Å². The number of aliphatic carboxylic acids is 1. The molecule has 22 heavy (non-hydrogen) atoms. The summed E-state index contributed by atoms with van der Waals surface area (Å²) in [6, 6.07) is 2.22. The number of hydrogen-bond acceptors (Lipinski definition) is 7. The van der Waals surface area contributed by atoms with Gasteiger partial charge in [0.05, 0.1) is 16.2 Å². The molecule has 0 heterocycles. The number of rotatable bonds is 7. The van der Waals surface area contributed by atoms with Crippen molar-refractivity contribution in [3.63, 3.8) is 0 Å². The van der Waals surface area contributed by atoms with E-state index in [1.807, 2.05) is 4.72 Å². The van der Waals surface area contributed by atoms with E-state index in [9.17, 15) is 28.1 Å². The third kappa shape index (κ3) is 4.47. The number of carboxylic acids is 1. The fourth-order valence-electron chi connectivity index (χ4n) is 1.47. The topological polar surface area (TPSA) is 182 Å². The number of carbonyl (C=O) groups is 2. The highest BCUT2D eigenvalue weighted by Crippen LogP contribution is 2.16. The summed E-state index contributed by atoms with van der Waals surface area (Å²) in [5.74, 6) is 2.41. The first-order chi connectivity index (χ1) is 10.2. The number of sulfonamides is 1. The van der Waals surface area contributed by atoms with E-state index in [-0.39, 0.29) is 10.6 Å². The fourth-order valence-corrected chi connectivity index (χ4v) is 2.66. The average molecular weight is 332 g/mol. The first-order valence-corrected chi connectivity index (χ1v) is 7.14. The molecule has 1 amide bonds. The molecular weight excluding hydrogens is 320 g/mol. The molecule has 0 saturated heterocycles. The van der Waals surface area contributed by atoms with E-state index in [1.54, 1.807) is 5.43 Å². The van der Waals surface area contributed by atoms with Gasteiger partial charge in [-0.05, 0) is 12.1 Å². The number of nitrogens with one attached hydrogen (secondary N) is 2. The molecule has 0 aromatic heterocycles. The van der Waals surface area contributed by atoms with Crippen LogP contribution in [0.5, 0.6) is 0 Å². The number of nitrogens with two attached hydrogens (primary N) is 1. The van der Waals surface area contributed by atoms with Gasteiger partial charge in [-0.15, -0.1) is 0 Å². The van der Waals surface area contributed by atoms with Crippen molar-refractivity contribution in [2.75, 3.05) is 0 Å². The zero-order valence-corrected chi connectivity index (χ0v) is 11.7. The minimum atomic E-state index is -4.26. The predicted octanol–water partition coefficient (Wildman–Crippen LogP) is -1.29. The van der Waals surface area contributed by atoms with E-state index in [0.29, 0.717) is 0 Å². The molecule has 12 heteroatoms. The molecular formula is C10H12N4O7S. The van der Waals surface area contributed by atoms with Crippen molar-refractivity contribution in [3.05, 3.63) is 34.4 Å². The van der Waals surface area contributed by atoms with Crippen LogP contribution in [-0.2, 0) is 19.6 Å². The number of non-ortho nitro benzene ring substituents is 1. The van der Waals surface area contributed by atoms with Crippen molar-refractivity contribution in [1.29, 1.82) is 0 Å². The van der Waals surface area contributed by atoms with Crippen molar-refractivity contribution >= 4 is 27.6 Å². The maximum atomic E-state index is 12.0. The Morgan fingerprint density at radius 1 is 1.32 bits per heavy atom. The summed E-state index contributed by atoms with van der Waals surface area (Å²) in [6.45, 7) is 0. The normalized spacial score (nSPS) is 12.4. The van der Waals surface area contributed by atoms with Crippen molar-refractivity contribution in [3.8, 4) is 0 Å². The SMILES string of the molecule is NNC(=O)[C@H](CC(=O)O)NS(=O)(=O)c1ccc([N+](=O)[O-])cc1. The number of nitro benzene ring substituents is 1. The third-order valence-electron chi connectivity index (χ3n) is 2.49. The Kier molecular flexibility index (Phi) is 5.50. The maximum absolute atomic E-state index is 12.0. The van der Waals surface area contributed by atoms with E-state index in [1.165, 1.54) is 0 Å². The number of benzene rings is 1. The third-order valence-corrected chi connectivity index (χ3v) is 3.98. The Morgan fingerprint density at radius 3 is 2.27 bits per heavy atom. The Bertz CT molecular complexity index is 686. The monoisotopic (exact) mass is 332 g/mol. The fraction of sp³-hybridized carbons (Fsp3) is 0.200. The van der Waals surface area contributed by atoms with Crippen molar-refractivity contribution in [2.45, 2.75) is 17.4 Å². The lowest BCUT2D eigenvalue weighted by Crippen LogP contribution is -2.49. The van der Waals surface area contributed by atoms with Crippen LogP contribution >= 0.6 is 0 Å². The van der Waals surface area contributed by atoms with Crippen molar-refractivity contribution in [2.24, 2.45) is 5.84 Å². The van der Waals surface area contributed by atoms with Crippen molar-refractivity contribution < 1.29 is 28.0 Å². The van der Waals surface area contributed by atoms with Gasteiger partial charge in [0.1, 0.15) is 6.04 Å². The first kappa shape index (κ1) is 17.5. The quantitative estimate of drug-likeness (QED) is 0.206. The molecule has 11 nitrogen and oxygen atoms in total. The molecule has 0 fully saturated rings. The Labute approximate surface area is 124 Å². The molecule has 0 aliphatic rings. The molecule has 0 aliphatic carbocycles. The van der Waals surface area contributed by atoms with Gasteiger partial charge in [0, 0.05) is 12.1 Å². The largest absolute Gasteiger partial charge is 0.481 e. The Morgan fingerprint density at radius 2 is 1.86 bits per heavy atom. The molecule has 0 bridgehead atoms. The molecule has 0 saturated carbocycles. The van der Waals surface area contributed by atoms with Crippen LogP contribution in [0.1, 0.15) is 6.42 Å². The minimum Gasteiger partial charge on any atom is -0.481 e. The highest BCUT2D eigenvalue weighted by molar-refractivity contribution is 7.89. The van der Waals surface area contributed by atoms with Gasteiger partial charge in [0.2, 0.25) is 10.0 Å². The summed E-state index contributed by atoms with van der Waals surface area (Å²) in [7, 11) is -4.26. The standard InChI is InChI=1S/C10H12N4O7S/c11-12-10(17)8(5-9(15)16)13-22(20,21)7-3-1-6(2-4-7)14(18)19/h1-4,8,13H,5,11H2,(H,12,17)(H,15,16)/t8-/m0/s1. The van der Waals surface area contributed by atoms with E-state index in [0.717, 1.165) is 24.3 Å². The summed E-state index contributed by atoms with van der Waals surface area (Å²) in [4.78, 5) is 31.5. The van der Waals surface area contributed by atoms with Gasteiger partial charge in [-0.3, -0.25) is 25.1 Å². The smallest absolute Gasteiger partial charge is 0.305 e. The number of amides is 1. The molecule has 0 aliphatic heterocycles. The molecule has 0 unspecified atom stereocenters. The van der Waals surface area contributed by atoms with Gasteiger partial charge in [-0.25, -0.2) is 14.3 Å². The Hall–Kier alpha value is -2.57. The Balaban J connectivity index is 3.03. The van der Waals surface area contributed by atoms with Gasteiger partial charge in [-0.2, -0.15) is 4.72 Å². The van der Waals surface area contributed by atoms with Crippen LogP contribution in [0.3, 0.4) is 0 Å². The van der Waals surface area contributed by atoms with Gasteiger partial charge in [-0.1, -0.05) is 0 Å². The predicted molar refractivity (Wildman–Crippen MR) is 71.8 cm³/mol. The van der Waals surface area contributed by atoms with Crippen molar-refractivity contribution in [1.82, 2.24) is 10.1 Å². The summed E-state index contributed by atoms with van der Waals surface area (Å²) < 4.78 is 25.9. The van der Waals surface area contributed by atoms with E-state index in [2.05, 4.69) is 0 Å². The summed E-state index contributed by atoms with van der Waals surface area (Å²) in [5.41, 5.74) is 1.33. The van der Waals surface area contributed by atoms with Crippen LogP contribution in [0.15, 0.2) is 29.2 Å². The number of carbonyl (C=O) groups excluding carboxylic acids is 1.